The lowest BCUT2D eigenvalue weighted by Crippen LogP contribution is -2.29. The minimum absolute atomic E-state index is 0.196. The number of anilines is 1. The molecule has 0 aliphatic heterocycles. The first-order chi connectivity index (χ1) is 14.5. The molecular weight excluding hydrogens is 398 g/mol. The number of benzene rings is 2. The van der Waals surface area contributed by atoms with Crippen LogP contribution in [0, 0.1) is 0 Å². The van der Waals surface area contributed by atoms with E-state index in [1.807, 2.05) is 47.2 Å². The summed E-state index contributed by atoms with van der Waals surface area (Å²) in [5.74, 6) is -0.239. The van der Waals surface area contributed by atoms with Crippen LogP contribution in [0.5, 0.6) is 5.75 Å². The van der Waals surface area contributed by atoms with Crippen LogP contribution in [0.25, 0.3) is 5.69 Å². The molecule has 6 nitrogen and oxygen atoms in total. The van der Waals surface area contributed by atoms with Crippen molar-refractivity contribution in [1.82, 2.24) is 4.57 Å². The normalized spacial score (nSPS) is 18.8. The number of carbonyl (C=O) groups is 1. The molecule has 156 valence electrons. The molecular formula is C23H25N3O3S. The predicted octanol–water partition coefficient (Wildman–Crippen LogP) is 4.15. The van der Waals surface area contributed by atoms with Crippen LogP contribution in [0.15, 0.2) is 70.7 Å². The first-order valence-electron chi connectivity index (χ1n) is 10.0. The zero-order chi connectivity index (χ0) is 21.1. The summed E-state index contributed by atoms with van der Waals surface area (Å²) in [6.45, 7) is 0. The van der Waals surface area contributed by atoms with Crippen molar-refractivity contribution in [2.45, 2.75) is 47.8 Å². The standard InChI is InChI=1S/C23H25N3O3S/c24-23(29)18-12-9-16(14-19(18)25-15-7-10-17(27)11-8-15)26-13-3-6-22(26)30-21-5-2-1-4-20(21)28/h1-6,9,12-15,17,25,27-28H,7-8,10-11H2,(H2,24,29). The molecule has 1 saturated carbocycles. The van der Waals surface area contributed by atoms with Crippen molar-refractivity contribution in [1.29, 1.82) is 0 Å². The fourth-order valence-corrected chi connectivity index (χ4v) is 4.73. The molecule has 0 saturated heterocycles. The number of phenols is 1. The Balaban J connectivity index is 1.63. The Kier molecular flexibility index (Phi) is 6.01. The van der Waals surface area contributed by atoms with Gasteiger partial charge in [-0.1, -0.05) is 23.9 Å². The van der Waals surface area contributed by atoms with Crippen LogP contribution < -0.4 is 11.1 Å². The topological polar surface area (TPSA) is 101 Å². The number of amides is 1. The molecule has 1 fully saturated rings. The number of nitrogens with two attached hydrogens (primary N) is 1. The summed E-state index contributed by atoms with van der Waals surface area (Å²) in [6, 6.07) is 16.9. The van der Waals surface area contributed by atoms with Crippen LogP contribution in [0.4, 0.5) is 5.69 Å². The van der Waals surface area contributed by atoms with Crippen molar-refractivity contribution in [2.75, 3.05) is 5.32 Å². The van der Waals surface area contributed by atoms with E-state index in [-0.39, 0.29) is 17.9 Å². The van der Waals surface area contributed by atoms with Gasteiger partial charge in [0.25, 0.3) is 5.91 Å². The lowest BCUT2D eigenvalue weighted by molar-refractivity contribution is 0.100. The van der Waals surface area contributed by atoms with Gasteiger partial charge in [-0.15, -0.1) is 0 Å². The number of aliphatic hydroxyl groups is 1. The predicted molar refractivity (Wildman–Crippen MR) is 118 cm³/mol. The smallest absolute Gasteiger partial charge is 0.250 e. The molecule has 7 heteroatoms. The number of hydrogen-bond donors (Lipinski definition) is 4. The van der Waals surface area contributed by atoms with Crippen molar-refractivity contribution in [3.8, 4) is 11.4 Å². The number of hydrogen-bond acceptors (Lipinski definition) is 5. The van der Waals surface area contributed by atoms with Gasteiger partial charge in [-0.3, -0.25) is 4.79 Å². The highest BCUT2D eigenvalue weighted by atomic mass is 32.2. The number of primary amides is 1. The van der Waals surface area contributed by atoms with Gasteiger partial charge >= 0.3 is 0 Å². The largest absolute Gasteiger partial charge is 0.507 e. The highest BCUT2D eigenvalue weighted by molar-refractivity contribution is 7.99. The van der Waals surface area contributed by atoms with E-state index >= 15 is 0 Å². The van der Waals surface area contributed by atoms with Gasteiger partial charge in [0.05, 0.1) is 21.6 Å². The average Bonchev–Trinajstić information content (AvgIpc) is 3.19. The fourth-order valence-electron chi connectivity index (χ4n) is 3.77. The number of phenolic OH excluding ortho intramolecular Hbond substituents is 1. The maximum atomic E-state index is 12.0. The molecule has 3 aromatic rings. The van der Waals surface area contributed by atoms with Crippen LogP contribution in [-0.2, 0) is 0 Å². The minimum atomic E-state index is -0.476. The first kappa shape index (κ1) is 20.4. The maximum Gasteiger partial charge on any atom is 0.250 e. The van der Waals surface area contributed by atoms with Gasteiger partial charge in [0.2, 0.25) is 0 Å². The number of nitrogens with one attached hydrogen (secondary N) is 1. The summed E-state index contributed by atoms with van der Waals surface area (Å²) >= 11 is 1.47. The molecule has 0 atom stereocenters. The third-order valence-corrected chi connectivity index (χ3v) is 6.50. The zero-order valence-electron chi connectivity index (χ0n) is 16.5. The van der Waals surface area contributed by atoms with E-state index in [1.165, 1.54) is 11.8 Å². The second-order valence-corrected chi connectivity index (χ2v) is 8.59. The Morgan fingerprint density at radius 3 is 2.57 bits per heavy atom. The molecule has 0 radical (unpaired) electrons. The second-order valence-electron chi connectivity index (χ2n) is 7.53. The number of aromatic nitrogens is 1. The van der Waals surface area contributed by atoms with Crippen LogP contribution in [0.1, 0.15) is 36.0 Å². The second kappa shape index (κ2) is 8.85. The molecule has 1 amide bonds. The number of para-hydroxylation sites is 1. The van der Waals surface area contributed by atoms with Gasteiger partial charge < -0.3 is 25.8 Å². The van der Waals surface area contributed by atoms with E-state index in [0.29, 0.717) is 11.3 Å². The molecule has 4 rings (SSSR count). The van der Waals surface area contributed by atoms with Crippen molar-refractivity contribution in [3.63, 3.8) is 0 Å². The van der Waals surface area contributed by atoms with Crippen molar-refractivity contribution >= 4 is 23.4 Å². The molecule has 0 bridgehead atoms. The molecule has 1 heterocycles. The molecule has 1 aromatic heterocycles. The summed E-state index contributed by atoms with van der Waals surface area (Å²) in [5, 5.41) is 24.3. The highest BCUT2D eigenvalue weighted by Crippen LogP contribution is 2.36. The molecule has 2 aromatic carbocycles. The maximum absolute atomic E-state index is 12.0. The summed E-state index contributed by atoms with van der Waals surface area (Å²) in [5.41, 5.74) is 7.64. The van der Waals surface area contributed by atoms with Crippen LogP contribution in [0.2, 0.25) is 0 Å². The summed E-state index contributed by atoms with van der Waals surface area (Å²) < 4.78 is 2.01. The van der Waals surface area contributed by atoms with Crippen molar-refractivity contribution < 1.29 is 15.0 Å². The lowest BCUT2D eigenvalue weighted by Gasteiger charge is -2.28. The van der Waals surface area contributed by atoms with Crippen LogP contribution in [0.3, 0.4) is 0 Å². The van der Waals surface area contributed by atoms with Gasteiger partial charge in [-0.25, -0.2) is 0 Å². The van der Waals surface area contributed by atoms with E-state index in [1.54, 1.807) is 18.2 Å². The van der Waals surface area contributed by atoms with E-state index in [9.17, 15) is 15.0 Å². The molecule has 1 aliphatic rings. The average molecular weight is 424 g/mol. The SMILES string of the molecule is NC(=O)c1ccc(-n2cccc2Sc2ccccc2O)cc1NC1CCC(O)CC1. The molecule has 0 spiro atoms. The molecule has 1 aliphatic carbocycles. The monoisotopic (exact) mass is 423 g/mol. The fraction of sp³-hybridized carbons (Fsp3) is 0.261. The third kappa shape index (κ3) is 4.47. The zero-order valence-corrected chi connectivity index (χ0v) is 17.3. The summed E-state index contributed by atoms with van der Waals surface area (Å²) in [6.07, 6.45) is 4.91. The van der Waals surface area contributed by atoms with Gasteiger partial charge in [0.1, 0.15) is 5.75 Å². The molecule has 30 heavy (non-hydrogen) atoms. The number of carbonyl (C=O) groups excluding carboxylic acids is 1. The van der Waals surface area contributed by atoms with Crippen molar-refractivity contribution in [2.24, 2.45) is 5.73 Å². The number of rotatable bonds is 6. The van der Waals surface area contributed by atoms with Gasteiger partial charge in [0, 0.05) is 23.6 Å². The quantitative estimate of drug-likeness (QED) is 0.477. The lowest BCUT2D eigenvalue weighted by atomic mass is 9.92. The van der Waals surface area contributed by atoms with Crippen molar-refractivity contribution in [3.05, 3.63) is 66.4 Å². The minimum Gasteiger partial charge on any atom is -0.507 e. The van der Waals surface area contributed by atoms with E-state index < -0.39 is 5.91 Å². The number of aliphatic hydroxyl groups excluding tert-OH is 1. The van der Waals surface area contributed by atoms with Crippen LogP contribution >= 0.6 is 11.8 Å². The Morgan fingerprint density at radius 2 is 1.83 bits per heavy atom. The Labute approximate surface area is 179 Å². The first-order valence-corrected chi connectivity index (χ1v) is 10.8. The van der Waals surface area contributed by atoms with Gasteiger partial charge in [-0.2, -0.15) is 0 Å². The van der Waals surface area contributed by atoms with E-state index in [4.69, 9.17) is 5.73 Å². The Hall–Kier alpha value is -2.90. The van der Waals surface area contributed by atoms with E-state index in [2.05, 4.69) is 5.32 Å². The Bertz CT molecular complexity index is 1040. The molecule has 5 N–H and O–H groups in total. The number of aromatic hydroxyl groups is 1. The third-order valence-electron chi connectivity index (χ3n) is 5.39. The highest BCUT2D eigenvalue weighted by Gasteiger charge is 2.21. The molecule has 0 unspecified atom stereocenters. The van der Waals surface area contributed by atoms with Gasteiger partial charge in [-0.05, 0) is 68.1 Å². The summed E-state index contributed by atoms with van der Waals surface area (Å²) in [4.78, 5) is 12.7. The van der Waals surface area contributed by atoms with Crippen LogP contribution in [-0.4, -0.2) is 32.8 Å². The number of nitrogens with zero attached hydrogens (tertiary/aromatic N) is 1. The summed E-state index contributed by atoms with van der Waals surface area (Å²) in [7, 11) is 0. The Morgan fingerprint density at radius 1 is 1.07 bits per heavy atom. The van der Waals surface area contributed by atoms with E-state index in [0.717, 1.165) is 41.3 Å². The van der Waals surface area contributed by atoms with Gasteiger partial charge in [0.15, 0.2) is 0 Å².